The van der Waals surface area contributed by atoms with Crippen LogP contribution in [-0.4, -0.2) is 69.7 Å². The Kier molecular flexibility index (Phi) is 6.54. The molecule has 0 radical (unpaired) electrons. The van der Waals surface area contributed by atoms with E-state index >= 15 is 0 Å². The summed E-state index contributed by atoms with van der Waals surface area (Å²) in [5, 5.41) is 7.46. The van der Waals surface area contributed by atoms with E-state index in [9.17, 15) is 9.59 Å². The zero-order chi connectivity index (χ0) is 22.1. The highest BCUT2D eigenvalue weighted by Crippen LogP contribution is 2.43. The van der Waals surface area contributed by atoms with Crippen LogP contribution in [0.2, 0.25) is 0 Å². The molecule has 4 aliphatic rings. The Morgan fingerprint density at radius 3 is 2.75 bits per heavy atom. The molecule has 0 unspecified atom stereocenters. The molecular formula is C25H39N5O2. The number of aryl methyl sites for hydroxylation is 1. The largest absolute Gasteiger partial charge is 0.356 e. The number of carbonyl (C=O) groups is 2. The number of likely N-dealkylation sites (tertiary alicyclic amines) is 1. The van der Waals surface area contributed by atoms with Crippen molar-refractivity contribution in [2.75, 3.05) is 26.2 Å². The van der Waals surface area contributed by atoms with E-state index in [0.717, 1.165) is 25.9 Å². The molecule has 176 valence electrons. The number of piperidine rings is 3. The van der Waals surface area contributed by atoms with Gasteiger partial charge in [-0.1, -0.05) is 0 Å². The van der Waals surface area contributed by atoms with Crippen LogP contribution < -0.4 is 5.32 Å². The second-order valence-electron chi connectivity index (χ2n) is 10.4. The first-order chi connectivity index (χ1) is 15.7. The lowest BCUT2D eigenvalue weighted by Gasteiger charge is -2.57. The highest BCUT2D eigenvalue weighted by atomic mass is 16.2. The van der Waals surface area contributed by atoms with Crippen LogP contribution in [-0.2, 0) is 11.3 Å². The first-order valence-electron chi connectivity index (χ1n) is 13.0. The molecule has 1 aliphatic carbocycles. The summed E-state index contributed by atoms with van der Waals surface area (Å²) in [6.45, 7) is 6.86. The molecule has 0 spiro atoms. The van der Waals surface area contributed by atoms with Gasteiger partial charge in [-0.05, 0) is 95.2 Å². The van der Waals surface area contributed by atoms with Gasteiger partial charge in [-0.15, -0.1) is 0 Å². The summed E-state index contributed by atoms with van der Waals surface area (Å²) in [4.78, 5) is 31.0. The van der Waals surface area contributed by atoms with E-state index in [4.69, 9.17) is 0 Å². The topological polar surface area (TPSA) is 70.5 Å². The van der Waals surface area contributed by atoms with Gasteiger partial charge < -0.3 is 10.2 Å². The number of aromatic nitrogens is 2. The highest BCUT2D eigenvalue weighted by Gasteiger charge is 2.49. The van der Waals surface area contributed by atoms with E-state index in [1.54, 1.807) is 6.20 Å². The summed E-state index contributed by atoms with van der Waals surface area (Å²) in [7, 11) is 0. The predicted octanol–water partition coefficient (Wildman–Crippen LogP) is 2.91. The Morgan fingerprint density at radius 2 is 1.97 bits per heavy atom. The van der Waals surface area contributed by atoms with Crippen LogP contribution in [0, 0.1) is 17.8 Å². The van der Waals surface area contributed by atoms with Crippen LogP contribution in [0.1, 0.15) is 75.2 Å². The number of hydrogen-bond donors (Lipinski definition) is 1. The third-order valence-corrected chi connectivity index (χ3v) is 8.36. The number of nitrogens with one attached hydrogen (secondary N) is 1. The Labute approximate surface area is 191 Å². The van der Waals surface area contributed by atoms with Crippen molar-refractivity contribution in [3.05, 3.63) is 18.0 Å². The Morgan fingerprint density at radius 1 is 1.16 bits per heavy atom. The van der Waals surface area contributed by atoms with Gasteiger partial charge in [-0.3, -0.25) is 19.2 Å². The number of amides is 2. The summed E-state index contributed by atoms with van der Waals surface area (Å²) >= 11 is 0. The van der Waals surface area contributed by atoms with E-state index in [1.807, 2.05) is 17.7 Å². The number of hydrogen-bond acceptors (Lipinski definition) is 4. The number of nitrogens with zero attached hydrogens (tertiary/aromatic N) is 4. The molecule has 1 aromatic heterocycles. The average Bonchev–Trinajstić information content (AvgIpc) is 3.52. The van der Waals surface area contributed by atoms with Crippen molar-refractivity contribution in [1.82, 2.24) is 24.9 Å². The van der Waals surface area contributed by atoms with Crippen molar-refractivity contribution in [3.8, 4) is 0 Å². The fourth-order valence-electron chi connectivity index (χ4n) is 6.65. The lowest BCUT2D eigenvalue weighted by atomic mass is 9.69. The number of rotatable bonds is 8. The summed E-state index contributed by atoms with van der Waals surface area (Å²) in [5.41, 5.74) is 0.710. The maximum absolute atomic E-state index is 13.7. The van der Waals surface area contributed by atoms with E-state index in [0.29, 0.717) is 42.5 Å². The van der Waals surface area contributed by atoms with Crippen molar-refractivity contribution < 1.29 is 9.59 Å². The first-order valence-corrected chi connectivity index (χ1v) is 13.0. The van der Waals surface area contributed by atoms with Crippen LogP contribution in [0.15, 0.2) is 12.3 Å². The van der Waals surface area contributed by atoms with E-state index in [-0.39, 0.29) is 17.9 Å². The van der Waals surface area contributed by atoms with Gasteiger partial charge in [0.1, 0.15) is 5.69 Å². The van der Waals surface area contributed by atoms with Gasteiger partial charge in [0.25, 0.3) is 5.91 Å². The van der Waals surface area contributed by atoms with Crippen molar-refractivity contribution in [1.29, 1.82) is 0 Å². The standard InChI is InChI=1S/C25H39N5O2/c1-2-30-22(12-13-27-30)25(32)29-17-19-6-4-14-28-15-5-7-20(24(19)28)21(29)8-3-9-23(31)26-16-18-10-11-18/h12-13,18-21,24H,2-11,14-17H2,1H3,(H,26,31)/t19-,20+,21+,24-/m0/s1. The van der Waals surface area contributed by atoms with Gasteiger partial charge in [0.15, 0.2) is 0 Å². The van der Waals surface area contributed by atoms with Crippen molar-refractivity contribution >= 4 is 11.8 Å². The molecule has 3 saturated heterocycles. The molecule has 5 rings (SSSR count). The molecule has 3 aliphatic heterocycles. The van der Waals surface area contributed by atoms with E-state index < -0.39 is 0 Å². The molecule has 0 bridgehead atoms. The lowest BCUT2D eigenvalue weighted by molar-refractivity contribution is -0.121. The van der Waals surface area contributed by atoms with Gasteiger partial charge in [0, 0.05) is 44.3 Å². The zero-order valence-electron chi connectivity index (χ0n) is 19.5. The Bertz CT molecular complexity index is 817. The molecule has 1 aromatic rings. The highest BCUT2D eigenvalue weighted by molar-refractivity contribution is 5.93. The predicted molar refractivity (Wildman–Crippen MR) is 123 cm³/mol. The molecule has 7 nitrogen and oxygen atoms in total. The quantitative estimate of drug-likeness (QED) is 0.673. The van der Waals surface area contributed by atoms with E-state index in [2.05, 4.69) is 20.2 Å². The molecule has 4 fully saturated rings. The van der Waals surface area contributed by atoms with Crippen molar-refractivity contribution in [2.45, 2.75) is 83.3 Å². The maximum Gasteiger partial charge on any atom is 0.272 e. The maximum atomic E-state index is 13.7. The van der Waals surface area contributed by atoms with Crippen molar-refractivity contribution in [3.63, 3.8) is 0 Å². The second kappa shape index (κ2) is 9.54. The SMILES string of the molecule is CCn1nccc1C(=O)N1C[C@@H]2CCCN3CCC[C@@H]([C@H]23)[C@H]1CCCC(=O)NCC1CC1. The van der Waals surface area contributed by atoms with Crippen LogP contribution in [0.5, 0.6) is 0 Å². The average molecular weight is 442 g/mol. The second-order valence-corrected chi connectivity index (χ2v) is 10.4. The van der Waals surface area contributed by atoms with Crippen molar-refractivity contribution in [2.24, 2.45) is 17.8 Å². The minimum absolute atomic E-state index is 0.133. The molecular weight excluding hydrogens is 402 g/mol. The Balaban J connectivity index is 1.32. The first kappa shape index (κ1) is 21.9. The van der Waals surface area contributed by atoms with Gasteiger partial charge in [-0.25, -0.2) is 0 Å². The summed E-state index contributed by atoms with van der Waals surface area (Å²) in [5.74, 6) is 2.13. The minimum atomic E-state index is 0.133. The smallest absolute Gasteiger partial charge is 0.272 e. The molecule has 0 aromatic carbocycles. The summed E-state index contributed by atoms with van der Waals surface area (Å²) in [6, 6.07) is 2.71. The normalized spacial score (nSPS) is 30.1. The minimum Gasteiger partial charge on any atom is -0.356 e. The summed E-state index contributed by atoms with van der Waals surface area (Å²) in [6.07, 6.45) is 11.5. The monoisotopic (exact) mass is 441 g/mol. The van der Waals surface area contributed by atoms with Crippen LogP contribution >= 0.6 is 0 Å². The molecule has 1 N–H and O–H groups in total. The van der Waals surface area contributed by atoms with Crippen LogP contribution in [0.4, 0.5) is 0 Å². The molecule has 4 heterocycles. The molecule has 2 amide bonds. The Hall–Kier alpha value is -1.89. The third kappa shape index (κ3) is 4.45. The summed E-state index contributed by atoms with van der Waals surface area (Å²) < 4.78 is 1.82. The van der Waals surface area contributed by atoms with Gasteiger partial charge >= 0.3 is 0 Å². The lowest BCUT2D eigenvalue weighted by Crippen LogP contribution is -2.65. The van der Waals surface area contributed by atoms with Gasteiger partial charge in [0.2, 0.25) is 5.91 Å². The fourth-order valence-corrected chi connectivity index (χ4v) is 6.65. The van der Waals surface area contributed by atoms with E-state index in [1.165, 1.54) is 51.6 Å². The van der Waals surface area contributed by atoms with Crippen LogP contribution in [0.3, 0.4) is 0 Å². The van der Waals surface area contributed by atoms with Gasteiger partial charge in [0.05, 0.1) is 0 Å². The fraction of sp³-hybridized carbons (Fsp3) is 0.800. The molecule has 4 atom stereocenters. The third-order valence-electron chi connectivity index (χ3n) is 8.36. The van der Waals surface area contributed by atoms with Gasteiger partial charge in [-0.2, -0.15) is 5.10 Å². The number of carbonyl (C=O) groups excluding carboxylic acids is 2. The molecule has 1 saturated carbocycles. The molecule has 7 heteroatoms. The molecule has 32 heavy (non-hydrogen) atoms. The zero-order valence-corrected chi connectivity index (χ0v) is 19.5. The van der Waals surface area contributed by atoms with Crippen LogP contribution in [0.25, 0.3) is 0 Å².